The van der Waals surface area contributed by atoms with Gasteiger partial charge in [-0.2, -0.15) is 0 Å². The summed E-state index contributed by atoms with van der Waals surface area (Å²) in [5.74, 6) is 1.06. The Labute approximate surface area is 170 Å². The first-order valence-corrected chi connectivity index (χ1v) is 9.26. The van der Waals surface area contributed by atoms with Crippen LogP contribution in [-0.4, -0.2) is 39.3 Å². The van der Waals surface area contributed by atoms with Crippen LogP contribution >= 0.6 is 0 Å². The van der Waals surface area contributed by atoms with E-state index in [4.69, 9.17) is 18.9 Å². The predicted molar refractivity (Wildman–Crippen MR) is 108 cm³/mol. The van der Waals surface area contributed by atoms with Gasteiger partial charge in [0.1, 0.15) is 5.75 Å². The van der Waals surface area contributed by atoms with Crippen molar-refractivity contribution in [2.24, 2.45) is 0 Å². The topological polar surface area (TPSA) is 83.1 Å². The normalized spacial score (nSPS) is 10.2. The summed E-state index contributed by atoms with van der Waals surface area (Å²) < 4.78 is 21.0. The van der Waals surface area contributed by atoms with Crippen LogP contribution in [0.1, 0.15) is 23.1 Å². The van der Waals surface area contributed by atoms with E-state index in [1.807, 2.05) is 38.1 Å². The minimum Gasteiger partial charge on any atom is -0.493 e. The molecule has 2 aromatic carbocycles. The molecule has 0 aromatic heterocycles. The van der Waals surface area contributed by atoms with Gasteiger partial charge in [0.25, 0.3) is 5.91 Å². The maximum absolute atomic E-state index is 11.9. The molecule has 2 aromatic rings. The predicted octanol–water partition coefficient (Wildman–Crippen LogP) is 2.95. The highest BCUT2D eigenvalue weighted by molar-refractivity contribution is 5.80. The molecule has 2 rings (SSSR count). The molecule has 0 spiro atoms. The fourth-order valence-electron chi connectivity index (χ4n) is 2.57. The lowest BCUT2D eigenvalue weighted by Crippen LogP contribution is -2.28. The highest BCUT2D eigenvalue weighted by Crippen LogP contribution is 2.27. The second-order valence-electron chi connectivity index (χ2n) is 6.49. The third kappa shape index (κ3) is 7.03. The number of ether oxygens (including phenoxy) is 4. The van der Waals surface area contributed by atoms with Crippen molar-refractivity contribution in [1.29, 1.82) is 0 Å². The summed E-state index contributed by atoms with van der Waals surface area (Å²) in [6.07, 6.45) is 0.0658. The van der Waals surface area contributed by atoms with E-state index in [0.717, 1.165) is 22.4 Å². The second-order valence-corrected chi connectivity index (χ2v) is 6.49. The third-order valence-corrected chi connectivity index (χ3v) is 4.21. The summed E-state index contributed by atoms with van der Waals surface area (Å²) in [5, 5.41) is 2.69. The summed E-state index contributed by atoms with van der Waals surface area (Å²) in [6, 6.07) is 11.2. The molecule has 156 valence electrons. The van der Waals surface area contributed by atoms with Crippen molar-refractivity contribution >= 4 is 11.9 Å². The van der Waals surface area contributed by atoms with Gasteiger partial charge in [-0.05, 0) is 48.7 Å². The molecule has 0 aliphatic rings. The maximum atomic E-state index is 11.9. The number of methoxy groups -OCH3 is 2. The van der Waals surface area contributed by atoms with E-state index in [9.17, 15) is 9.59 Å². The molecule has 7 heteroatoms. The van der Waals surface area contributed by atoms with Gasteiger partial charge in [0, 0.05) is 6.54 Å². The van der Waals surface area contributed by atoms with Crippen molar-refractivity contribution in [2.75, 3.05) is 27.4 Å². The first kappa shape index (κ1) is 22.1. The largest absolute Gasteiger partial charge is 0.493 e. The van der Waals surface area contributed by atoms with Crippen LogP contribution in [0.15, 0.2) is 36.4 Å². The van der Waals surface area contributed by atoms with Gasteiger partial charge in [0.2, 0.25) is 0 Å². The zero-order valence-electron chi connectivity index (χ0n) is 17.2. The number of carbonyl (C=O) groups is 2. The van der Waals surface area contributed by atoms with E-state index in [1.54, 1.807) is 26.4 Å². The summed E-state index contributed by atoms with van der Waals surface area (Å²) in [5.41, 5.74) is 2.92. The highest BCUT2D eigenvalue weighted by Gasteiger charge is 2.10. The van der Waals surface area contributed by atoms with Gasteiger partial charge >= 0.3 is 5.97 Å². The summed E-state index contributed by atoms with van der Waals surface area (Å²) >= 11 is 0. The van der Waals surface area contributed by atoms with Crippen LogP contribution in [0.4, 0.5) is 0 Å². The third-order valence-electron chi connectivity index (χ3n) is 4.21. The van der Waals surface area contributed by atoms with Crippen molar-refractivity contribution in [3.63, 3.8) is 0 Å². The van der Waals surface area contributed by atoms with E-state index >= 15 is 0 Å². The van der Waals surface area contributed by atoms with Gasteiger partial charge in [0.15, 0.2) is 18.1 Å². The van der Waals surface area contributed by atoms with Crippen LogP contribution in [0.25, 0.3) is 0 Å². The number of nitrogens with one attached hydrogen (secondary N) is 1. The number of hydrogen-bond donors (Lipinski definition) is 1. The molecule has 0 aliphatic heterocycles. The van der Waals surface area contributed by atoms with Crippen molar-refractivity contribution in [3.8, 4) is 17.2 Å². The van der Waals surface area contributed by atoms with Crippen LogP contribution in [0.2, 0.25) is 0 Å². The summed E-state index contributed by atoms with van der Waals surface area (Å²) in [6.45, 7) is 4.05. The fraction of sp³-hybridized carbons (Fsp3) is 0.364. The number of carbonyl (C=O) groups excluding carboxylic acids is 2. The smallest absolute Gasteiger partial charge is 0.309 e. The number of hydrogen-bond acceptors (Lipinski definition) is 6. The molecule has 0 aliphatic carbocycles. The SMILES string of the molecule is COc1ccc(CNC(=O)COC(=O)CCOc2cc(C)ccc2C)cc1OC. The van der Waals surface area contributed by atoms with Crippen molar-refractivity contribution < 1.29 is 28.5 Å². The van der Waals surface area contributed by atoms with Crippen LogP contribution in [0, 0.1) is 13.8 Å². The number of benzene rings is 2. The standard InChI is InChI=1S/C22H27NO6/c1-15-5-6-16(2)19(11-15)28-10-9-22(25)29-14-21(24)23-13-17-7-8-18(26-3)20(12-17)27-4/h5-8,11-12H,9-10,13-14H2,1-4H3,(H,23,24). The van der Waals surface area contributed by atoms with Gasteiger partial charge in [-0.3, -0.25) is 9.59 Å². The zero-order valence-corrected chi connectivity index (χ0v) is 17.2. The molecule has 7 nitrogen and oxygen atoms in total. The zero-order chi connectivity index (χ0) is 21.2. The molecule has 0 bridgehead atoms. The molecule has 0 atom stereocenters. The molecule has 0 fully saturated rings. The fourth-order valence-corrected chi connectivity index (χ4v) is 2.57. The van der Waals surface area contributed by atoms with Crippen LogP contribution in [-0.2, 0) is 20.9 Å². The van der Waals surface area contributed by atoms with Gasteiger partial charge < -0.3 is 24.3 Å². The number of amides is 1. The van der Waals surface area contributed by atoms with Gasteiger partial charge in [0.05, 0.1) is 27.2 Å². The first-order chi connectivity index (χ1) is 13.9. The molecule has 1 amide bonds. The average Bonchev–Trinajstić information content (AvgIpc) is 2.72. The van der Waals surface area contributed by atoms with E-state index in [-0.39, 0.29) is 32.1 Å². The van der Waals surface area contributed by atoms with Crippen LogP contribution in [0.5, 0.6) is 17.2 Å². The molecule has 0 saturated carbocycles. The maximum Gasteiger partial charge on any atom is 0.309 e. The lowest BCUT2D eigenvalue weighted by molar-refractivity contribution is -0.149. The Morgan fingerprint density at radius 1 is 0.931 bits per heavy atom. The molecular weight excluding hydrogens is 374 g/mol. The van der Waals surface area contributed by atoms with E-state index in [2.05, 4.69) is 5.32 Å². The van der Waals surface area contributed by atoms with E-state index in [0.29, 0.717) is 11.5 Å². The van der Waals surface area contributed by atoms with Gasteiger partial charge in [-0.25, -0.2) is 0 Å². The van der Waals surface area contributed by atoms with Crippen molar-refractivity contribution in [3.05, 3.63) is 53.1 Å². The Morgan fingerprint density at radius 2 is 1.69 bits per heavy atom. The molecule has 0 heterocycles. The van der Waals surface area contributed by atoms with Crippen molar-refractivity contribution in [1.82, 2.24) is 5.32 Å². The number of rotatable bonds is 10. The molecule has 0 unspecified atom stereocenters. The Morgan fingerprint density at radius 3 is 2.41 bits per heavy atom. The molecule has 1 N–H and O–H groups in total. The monoisotopic (exact) mass is 401 g/mol. The lowest BCUT2D eigenvalue weighted by atomic mass is 10.1. The van der Waals surface area contributed by atoms with E-state index < -0.39 is 5.97 Å². The Hall–Kier alpha value is -3.22. The lowest BCUT2D eigenvalue weighted by Gasteiger charge is -2.11. The minimum atomic E-state index is -0.489. The van der Waals surface area contributed by atoms with Gasteiger partial charge in [-0.15, -0.1) is 0 Å². The molecule has 0 radical (unpaired) electrons. The first-order valence-electron chi connectivity index (χ1n) is 9.26. The Bertz CT molecular complexity index is 849. The molecule has 0 saturated heterocycles. The van der Waals surface area contributed by atoms with E-state index in [1.165, 1.54) is 0 Å². The highest BCUT2D eigenvalue weighted by atomic mass is 16.5. The van der Waals surface area contributed by atoms with Crippen LogP contribution < -0.4 is 19.5 Å². The average molecular weight is 401 g/mol. The number of aryl methyl sites for hydroxylation is 2. The summed E-state index contributed by atoms with van der Waals surface area (Å²) in [7, 11) is 3.10. The quantitative estimate of drug-likeness (QED) is 0.617. The van der Waals surface area contributed by atoms with Crippen LogP contribution in [0.3, 0.4) is 0 Å². The molecule has 29 heavy (non-hydrogen) atoms. The Balaban J connectivity index is 1.69. The molecular formula is C22H27NO6. The van der Waals surface area contributed by atoms with Gasteiger partial charge in [-0.1, -0.05) is 18.2 Å². The Kier molecular flexibility index (Phi) is 8.33. The van der Waals surface area contributed by atoms with Crippen molar-refractivity contribution in [2.45, 2.75) is 26.8 Å². The second kappa shape index (κ2) is 10.9. The minimum absolute atomic E-state index is 0.0658. The summed E-state index contributed by atoms with van der Waals surface area (Å²) in [4.78, 5) is 23.7. The number of esters is 1.